The molecule has 1 aliphatic heterocycles. The minimum absolute atomic E-state index is 0.0204. The van der Waals surface area contributed by atoms with Gasteiger partial charge in [0.25, 0.3) is 0 Å². The lowest BCUT2D eigenvalue weighted by Crippen LogP contribution is -2.65. The zero-order chi connectivity index (χ0) is 24.8. The van der Waals surface area contributed by atoms with Gasteiger partial charge in [-0.3, -0.25) is 4.79 Å². The lowest BCUT2D eigenvalue weighted by atomic mass is 9.43. The van der Waals surface area contributed by atoms with Gasteiger partial charge in [0, 0.05) is 11.9 Å². The molecule has 5 nitrogen and oxygen atoms in total. The maximum atomic E-state index is 13.1. The fourth-order valence-electron chi connectivity index (χ4n) is 6.88. The average Bonchev–Trinajstić information content (AvgIpc) is 3.20. The molecule has 0 spiro atoms. The molecule has 186 valence electrons. The van der Waals surface area contributed by atoms with Crippen LogP contribution in [-0.4, -0.2) is 36.8 Å². The molecule has 0 aromatic heterocycles. The largest absolute Gasteiger partial charge is 0.463 e. The summed E-state index contributed by atoms with van der Waals surface area (Å²) in [5, 5.41) is 3.20. The van der Waals surface area contributed by atoms with E-state index in [1.165, 1.54) is 12.0 Å². The molecule has 4 fully saturated rings. The van der Waals surface area contributed by atoms with E-state index >= 15 is 0 Å². The molecule has 3 saturated carbocycles. The first-order valence-corrected chi connectivity index (χ1v) is 13.2. The van der Waals surface area contributed by atoms with E-state index in [1.54, 1.807) is 0 Å². The van der Waals surface area contributed by atoms with Crippen LogP contribution in [0.4, 0.5) is 0 Å². The summed E-state index contributed by atoms with van der Waals surface area (Å²) in [6, 6.07) is 19.6. The second-order valence-corrected chi connectivity index (χ2v) is 11.8. The van der Waals surface area contributed by atoms with E-state index in [4.69, 9.17) is 15.0 Å². The van der Waals surface area contributed by atoms with Crippen molar-refractivity contribution in [3.05, 3.63) is 71.8 Å². The van der Waals surface area contributed by atoms with Crippen LogP contribution in [-0.2, 0) is 26.9 Å². The summed E-state index contributed by atoms with van der Waals surface area (Å²) >= 11 is 0. The fraction of sp³-hybridized carbons (Fsp3) is 0.552. The molecule has 3 aliphatic carbocycles. The van der Waals surface area contributed by atoms with Crippen molar-refractivity contribution in [2.24, 2.45) is 23.0 Å². The van der Waals surface area contributed by atoms with Gasteiger partial charge in [-0.05, 0) is 67.9 Å². The van der Waals surface area contributed by atoms with E-state index in [1.807, 2.05) is 36.4 Å². The summed E-state index contributed by atoms with van der Waals surface area (Å²) in [7, 11) is -0.360. The number of rotatable bonds is 8. The normalized spacial score (nSPS) is 31.1. The zero-order valence-corrected chi connectivity index (χ0v) is 21.4. The molecule has 6 heteroatoms. The number of carbonyl (C=O) groups is 1. The number of nitrogens with one attached hydrogen (secondary N) is 1. The molecule has 4 aliphatic rings. The highest BCUT2D eigenvalue weighted by atomic mass is 16.7. The number of hydrogen-bond acceptors (Lipinski definition) is 4. The van der Waals surface area contributed by atoms with Crippen LogP contribution in [0.1, 0.15) is 51.7 Å². The van der Waals surface area contributed by atoms with Crippen molar-refractivity contribution in [2.75, 3.05) is 0 Å². The van der Waals surface area contributed by atoms with E-state index < -0.39 is 6.04 Å². The minimum Gasteiger partial charge on any atom is -0.405 e. The van der Waals surface area contributed by atoms with Gasteiger partial charge in [0.05, 0.1) is 17.7 Å². The van der Waals surface area contributed by atoms with Crippen molar-refractivity contribution < 1.29 is 14.1 Å². The molecule has 3 unspecified atom stereocenters. The van der Waals surface area contributed by atoms with Gasteiger partial charge in [-0.25, -0.2) is 0 Å². The SMILES string of the molecule is C[C@@H](NC(=O)[C@@H](N)Cc1ccccc1)[C@@H](Cc1ccccc1)B1OC2CC3CC(C3(C)C)[C@@]2(C)O1. The first-order valence-electron chi connectivity index (χ1n) is 13.2. The number of hydrogen-bond donors (Lipinski definition) is 2. The van der Waals surface area contributed by atoms with E-state index in [-0.39, 0.29) is 36.6 Å². The standard InChI is InChI=1S/C29H39BN2O3/c1-19(32-27(33)24(31)16-21-13-9-6-10-14-21)23(15-20-11-7-5-8-12-20)30-34-26-18-22-17-25(28(22,2)3)29(26,4)35-30/h5-14,19,22-26H,15-18,31H2,1-4H3,(H,32,33)/t19-,22?,23-,24+,25?,26?,29-/m1/s1. The predicted octanol–water partition coefficient (Wildman–Crippen LogP) is 4.40. The fourth-order valence-corrected chi connectivity index (χ4v) is 6.88. The topological polar surface area (TPSA) is 73.6 Å². The highest BCUT2D eigenvalue weighted by Crippen LogP contribution is 2.66. The minimum atomic E-state index is -0.601. The van der Waals surface area contributed by atoms with Crippen LogP contribution in [0.15, 0.2) is 60.7 Å². The van der Waals surface area contributed by atoms with E-state index in [9.17, 15) is 4.79 Å². The molecule has 1 heterocycles. The monoisotopic (exact) mass is 474 g/mol. The van der Waals surface area contributed by atoms with Crippen LogP contribution in [0.3, 0.4) is 0 Å². The molecule has 1 saturated heterocycles. The van der Waals surface area contributed by atoms with E-state index in [0.717, 1.165) is 18.4 Å². The van der Waals surface area contributed by atoms with Crippen LogP contribution >= 0.6 is 0 Å². The Kier molecular flexibility index (Phi) is 6.58. The summed E-state index contributed by atoms with van der Waals surface area (Å²) < 4.78 is 13.5. The van der Waals surface area contributed by atoms with Crippen LogP contribution in [0, 0.1) is 17.3 Å². The van der Waals surface area contributed by atoms with Crippen LogP contribution in [0.25, 0.3) is 0 Å². The number of nitrogens with two attached hydrogens (primary N) is 1. The van der Waals surface area contributed by atoms with Crippen molar-refractivity contribution in [1.29, 1.82) is 0 Å². The molecule has 3 N–H and O–H groups in total. The summed E-state index contributed by atoms with van der Waals surface area (Å²) in [6.07, 6.45) is 3.67. The van der Waals surface area contributed by atoms with Gasteiger partial charge < -0.3 is 20.4 Å². The third-order valence-corrected chi connectivity index (χ3v) is 9.28. The zero-order valence-electron chi connectivity index (χ0n) is 21.4. The van der Waals surface area contributed by atoms with Crippen molar-refractivity contribution in [2.45, 2.75) is 83.0 Å². The molecule has 1 amide bonds. The first-order chi connectivity index (χ1) is 16.7. The Morgan fingerprint density at radius 3 is 2.23 bits per heavy atom. The van der Waals surface area contributed by atoms with Gasteiger partial charge >= 0.3 is 7.12 Å². The van der Waals surface area contributed by atoms with Crippen LogP contribution in [0.5, 0.6) is 0 Å². The van der Waals surface area contributed by atoms with Gasteiger partial charge in [-0.15, -0.1) is 0 Å². The van der Waals surface area contributed by atoms with Gasteiger partial charge in [0.1, 0.15) is 0 Å². The number of benzene rings is 2. The maximum Gasteiger partial charge on any atom is 0.463 e. The van der Waals surface area contributed by atoms with Crippen molar-refractivity contribution in [3.8, 4) is 0 Å². The van der Waals surface area contributed by atoms with Gasteiger partial charge in [0.2, 0.25) is 5.91 Å². The lowest BCUT2D eigenvalue weighted by molar-refractivity contribution is -0.199. The summed E-state index contributed by atoms with van der Waals surface area (Å²) in [6.45, 7) is 9.06. The molecule has 2 aromatic rings. The Hall–Kier alpha value is -2.15. The smallest absolute Gasteiger partial charge is 0.405 e. The van der Waals surface area contributed by atoms with Crippen molar-refractivity contribution in [3.63, 3.8) is 0 Å². The van der Waals surface area contributed by atoms with Crippen LogP contribution < -0.4 is 11.1 Å². The van der Waals surface area contributed by atoms with Crippen LogP contribution in [0.2, 0.25) is 5.82 Å². The lowest BCUT2D eigenvalue weighted by Gasteiger charge is -2.64. The van der Waals surface area contributed by atoms with Crippen molar-refractivity contribution in [1.82, 2.24) is 5.32 Å². The Morgan fingerprint density at radius 2 is 1.63 bits per heavy atom. The molecule has 7 atom stereocenters. The number of carbonyl (C=O) groups excluding carboxylic acids is 1. The molecular weight excluding hydrogens is 435 g/mol. The Bertz CT molecular complexity index is 1030. The summed E-state index contributed by atoms with van der Waals surface area (Å²) in [4.78, 5) is 13.1. The molecule has 35 heavy (non-hydrogen) atoms. The quantitative estimate of drug-likeness (QED) is 0.557. The second kappa shape index (κ2) is 9.38. The maximum absolute atomic E-state index is 13.1. The van der Waals surface area contributed by atoms with E-state index in [2.05, 4.69) is 57.3 Å². The van der Waals surface area contributed by atoms with Gasteiger partial charge in [-0.1, -0.05) is 74.5 Å². The molecule has 2 bridgehead atoms. The Morgan fingerprint density at radius 1 is 1.03 bits per heavy atom. The molecule has 6 rings (SSSR count). The van der Waals surface area contributed by atoms with Crippen molar-refractivity contribution >= 4 is 13.0 Å². The summed E-state index contributed by atoms with van der Waals surface area (Å²) in [5.41, 5.74) is 8.59. The average molecular weight is 474 g/mol. The highest BCUT2D eigenvalue weighted by Gasteiger charge is 2.68. The third-order valence-electron chi connectivity index (χ3n) is 9.28. The first kappa shape index (κ1) is 24.5. The highest BCUT2D eigenvalue weighted by molar-refractivity contribution is 6.47. The van der Waals surface area contributed by atoms with E-state index in [0.29, 0.717) is 23.7 Å². The predicted molar refractivity (Wildman–Crippen MR) is 140 cm³/mol. The third kappa shape index (κ3) is 4.57. The molecular formula is C29H39BN2O3. The Balaban J connectivity index is 1.31. The second-order valence-electron chi connectivity index (χ2n) is 11.8. The Labute approximate surface area is 210 Å². The van der Waals surface area contributed by atoms with Gasteiger partial charge in [0.15, 0.2) is 0 Å². The summed E-state index contributed by atoms with van der Waals surface area (Å²) in [5.74, 6) is 1.05. The molecule has 2 aromatic carbocycles. The molecule has 0 radical (unpaired) electrons. The van der Waals surface area contributed by atoms with Gasteiger partial charge in [-0.2, -0.15) is 0 Å². The number of amides is 1.